The summed E-state index contributed by atoms with van der Waals surface area (Å²) in [5, 5.41) is 11.0. The molecule has 6 heteroatoms. The molecule has 3 aromatic rings. The summed E-state index contributed by atoms with van der Waals surface area (Å²) in [5.74, 6) is 1.05. The minimum atomic E-state index is 0.257. The van der Waals surface area contributed by atoms with Crippen LogP contribution in [0.4, 0.5) is 0 Å². The number of imidazole rings is 1. The predicted octanol–water partition coefficient (Wildman–Crippen LogP) is 5.32. The fourth-order valence-electron chi connectivity index (χ4n) is 2.67. The lowest BCUT2D eigenvalue weighted by Gasteiger charge is -2.13. The number of hydrogen-bond donors (Lipinski definition) is 0. The number of benzene rings is 1. The van der Waals surface area contributed by atoms with Crippen LogP contribution in [0.15, 0.2) is 58.7 Å². The molecule has 132 valence electrons. The van der Waals surface area contributed by atoms with Crippen molar-refractivity contribution in [1.29, 1.82) is 5.26 Å². The summed E-state index contributed by atoms with van der Waals surface area (Å²) in [7, 11) is 0. The summed E-state index contributed by atoms with van der Waals surface area (Å²) in [6.07, 6.45) is 3.84. The molecule has 0 aliphatic heterocycles. The second kappa shape index (κ2) is 8.39. The van der Waals surface area contributed by atoms with Gasteiger partial charge in [-0.2, -0.15) is 5.26 Å². The highest BCUT2D eigenvalue weighted by atomic mass is 35.5. The standard InChI is InChI=1S/C20H19ClN4S/c1-14(2)19-20(26-17-5-3-4-16(21)12-17)25(18(24-19)6-9-22)13-15-7-10-23-11-8-15/h3-5,7-8,10-12,14H,6,13H2,1-2H3. The van der Waals surface area contributed by atoms with E-state index in [4.69, 9.17) is 16.6 Å². The third-order valence-electron chi connectivity index (χ3n) is 3.91. The van der Waals surface area contributed by atoms with E-state index in [9.17, 15) is 5.26 Å². The first-order valence-electron chi connectivity index (χ1n) is 8.37. The molecule has 0 N–H and O–H groups in total. The monoisotopic (exact) mass is 382 g/mol. The highest BCUT2D eigenvalue weighted by Gasteiger charge is 2.20. The van der Waals surface area contributed by atoms with Crippen LogP contribution < -0.4 is 0 Å². The lowest BCUT2D eigenvalue weighted by molar-refractivity contribution is 0.681. The van der Waals surface area contributed by atoms with Gasteiger partial charge >= 0.3 is 0 Å². The molecule has 0 saturated heterocycles. The van der Waals surface area contributed by atoms with E-state index in [1.807, 2.05) is 36.4 Å². The lowest BCUT2D eigenvalue weighted by atomic mass is 10.1. The Balaban J connectivity index is 2.08. The van der Waals surface area contributed by atoms with E-state index in [0.717, 1.165) is 27.0 Å². The molecule has 4 nitrogen and oxygen atoms in total. The molecule has 0 saturated carbocycles. The number of hydrogen-bond acceptors (Lipinski definition) is 4. The topological polar surface area (TPSA) is 54.5 Å². The van der Waals surface area contributed by atoms with Gasteiger partial charge in [0.1, 0.15) is 10.9 Å². The molecule has 0 radical (unpaired) electrons. The fourth-order valence-corrected chi connectivity index (χ4v) is 4.14. The van der Waals surface area contributed by atoms with Crippen molar-refractivity contribution in [2.24, 2.45) is 0 Å². The first-order chi connectivity index (χ1) is 12.6. The molecule has 0 aliphatic rings. The largest absolute Gasteiger partial charge is 0.317 e. The number of rotatable bonds is 6. The van der Waals surface area contributed by atoms with Crippen LogP contribution in [0, 0.1) is 11.3 Å². The Labute approximate surface area is 162 Å². The van der Waals surface area contributed by atoms with Crippen LogP contribution in [-0.4, -0.2) is 14.5 Å². The summed E-state index contributed by atoms with van der Waals surface area (Å²) in [6.45, 7) is 4.90. The Morgan fingerprint density at radius 2 is 2.00 bits per heavy atom. The van der Waals surface area contributed by atoms with E-state index < -0.39 is 0 Å². The van der Waals surface area contributed by atoms with Gasteiger partial charge in [-0.25, -0.2) is 4.98 Å². The SMILES string of the molecule is CC(C)c1nc(CC#N)n(Cc2ccncc2)c1Sc1cccc(Cl)c1. The Morgan fingerprint density at radius 3 is 2.65 bits per heavy atom. The fraction of sp³-hybridized carbons (Fsp3) is 0.250. The van der Waals surface area contributed by atoms with Crippen molar-refractivity contribution in [2.75, 3.05) is 0 Å². The third kappa shape index (κ3) is 4.27. The average molecular weight is 383 g/mol. The third-order valence-corrected chi connectivity index (χ3v) is 5.26. The van der Waals surface area contributed by atoms with Crippen LogP contribution in [0.25, 0.3) is 0 Å². The quantitative estimate of drug-likeness (QED) is 0.578. The lowest BCUT2D eigenvalue weighted by Crippen LogP contribution is -2.06. The zero-order chi connectivity index (χ0) is 18.5. The molecule has 0 aliphatic carbocycles. The Bertz CT molecular complexity index is 929. The van der Waals surface area contributed by atoms with Crippen molar-refractivity contribution in [3.8, 4) is 6.07 Å². The zero-order valence-electron chi connectivity index (χ0n) is 14.7. The van der Waals surface area contributed by atoms with Gasteiger partial charge in [0.15, 0.2) is 0 Å². The summed E-state index contributed by atoms with van der Waals surface area (Å²) >= 11 is 7.79. The molecule has 1 aromatic carbocycles. The maximum absolute atomic E-state index is 9.24. The number of nitriles is 1. The number of halogens is 1. The van der Waals surface area contributed by atoms with Crippen molar-refractivity contribution in [3.63, 3.8) is 0 Å². The molecular weight excluding hydrogens is 364 g/mol. The normalized spacial score (nSPS) is 10.9. The average Bonchev–Trinajstić information content (AvgIpc) is 2.94. The number of nitrogens with zero attached hydrogens (tertiary/aromatic N) is 4. The van der Waals surface area contributed by atoms with Gasteiger partial charge in [-0.05, 0) is 41.8 Å². The zero-order valence-corrected chi connectivity index (χ0v) is 16.3. The van der Waals surface area contributed by atoms with E-state index in [1.165, 1.54) is 0 Å². The first kappa shape index (κ1) is 18.5. The highest BCUT2D eigenvalue weighted by Crippen LogP contribution is 2.36. The van der Waals surface area contributed by atoms with Gasteiger partial charge in [0, 0.05) is 28.9 Å². The van der Waals surface area contributed by atoms with Crippen LogP contribution in [-0.2, 0) is 13.0 Å². The van der Waals surface area contributed by atoms with Crippen LogP contribution in [0.1, 0.15) is 36.8 Å². The van der Waals surface area contributed by atoms with Crippen LogP contribution in [0.5, 0.6) is 0 Å². The number of aromatic nitrogens is 3. The van der Waals surface area contributed by atoms with E-state index >= 15 is 0 Å². The Morgan fingerprint density at radius 1 is 1.23 bits per heavy atom. The maximum Gasteiger partial charge on any atom is 0.124 e. The molecule has 0 amide bonds. The maximum atomic E-state index is 9.24. The summed E-state index contributed by atoms with van der Waals surface area (Å²) in [4.78, 5) is 9.92. The van der Waals surface area contributed by atoms with Crippen LogP contribution >= 0.6 is 23.4 Å². The van der Waals surface area contributed by atoms with Gasteiger partial charge in [-0.15, -0.1) is 0 Å². The molecular formula is C20H19ClN4S. The van der Waals surface area contributed by atoms with Gasteiger partial charge in [-0.3, -0.25) is 4.98 Å². The highest BCUT2D eigenvalue weighted by molar-refractivity contribution is 7.99. The minimum Gasteiger partial charge on any atom is -0.317 e. The van der Waals surface area contributed by atoms with E-state index in [1.54, 1.807) is 24.2 Å². The summed E-state index contributed by atoms with van der Waals surface area (Å²) in [5.41, 5.74) is 2.13. The smallest absolute Gasteiger partial charge is 0.124 e. The molecule has 0 fully saturated rings. The summed E-state index contributed by atoms with van der Waals surface area (Å²) in [6, 6.07) is 14.0. The van der Waals surface area contributed by atoms with E-state index in [0.29, 0.717) is 11.6 Å². The van der Waals surface area contributed by atoms with Gasteiger partial charge in [0.2, 0.25) is 0 Å². The second-order valence-corrected chi connectivity index (χ2v) is 7.71. The predicted molar refractivity (Wildman–Crippen MR) is 105 cm³/mol. The minimum absolute atomic E-state index is 0.257. The molecule has 0 unspecified atom stereocenters. The number of pyridine rings is 1. The Kier molecular flexibility index (Phi) is 5.97. The van der Waals surface area contributed by atoms with Gasteiger partial charge < -0.3 is 4.57 Å². The van der Waals surface area contributed by atoms with Crippen molar-refractivity contribution in [3.05, 3.63) is 70.9 Å². The molecule has 0 atom stereocenters. The molecule has 2 heterocycles. The Hall–Kier alpha value is -2.29. The molecule has 0 bridgehead atoms. The van der Waals surface area contributed by atoms with Crippen molar-refractivity contribution >= 4 is 23.4 Å². The van der Waals surface area contributed by atoms with Gasteiger partial charge in [0.05, 0.1) is 18.2 Å². The van der Waals surface area contributed by atoms with Crippen LogP contribution in [0.3, 0.4) is 0 Å². The molecule has 26 heavy (non-hydrogen) atoms. The second-order valence-electron chi connectivity index (χ2n) is 6.21. The first-order valence-corrected chi connectivity index (χ1v) is 9.56. The van der Waals surface area contributed by atoms with Crippen molar-refractivity contribution < 1.29 is 0 Å². The summed E-state index contributed by atoms with van der Waals surface area (Å²) < 4.78 is 2.14. The van der Waals surface area contributed by atoms with Gasteiger partial charge in [-0.1, -0.05) is 43.3 Å². The molecule has 3 rings (SSSR count). The van der Waals surface area contributed by atoms with Crippen LogP contribution in [0.2, 0.25) is 5.02 Å². The van der Waals surface area contributed by atoms with Crippen molar-refractivity contribution in [2.45, 2.75) is 42.7 Å². The van der Waals surface area contributed by atoms with E-state index in [2.05, 4.69) is 29.5 Å². The van der Waals surface area contributed by atoms with Gasteiger partial charge in [0.25, 0.3) is 0 Å². The van der Waals surface area contributed by atoms with E-state index in [-0.39, 0.29) is 12.3 Å². The molecule has 0 spiro atoms. The molecule has 2 aromatic heterocycles. The van der Waals surface area contributed by atoms with Crippen molar-refractivity contribution in [1.82, 2.24) is 14.5 Å².